The van der Waals surface area contributed by atoms with Gasteiger partial charge < -0.3 is 10.2 Å². The van der Waals surface area contributed by atoms with Gasteiger partial charge in [-0.3, -0.25) is 9.59 Å². The van der Waals surface area contributed by atoms with Gasteiger partial charge in [-0.1, -0.05) is 30.7 Å². The van der Waals surface area contributed by atoms with E-state index in [-0.39, 0.29) is 24.3 Å². The lowest BCUT2D eigenvalue weighted by atomic mass is 9.98. The van der Waals surface area contributed by atoms with E-state index in [4.69, 9.17) is 11.6 Å². The summed E-state index contributed by atoms with van der Waals surface area (Å²) in [6.45, 7) is 5.27. The largest absolute Gasteiger partial charge is 0.349 e. The van der Waals surface area contributed by atoms with E-state index >= 15 is 0 Å². The molecule has 1 N–H and O–H groups in total. The molecule has 2 amide bonds. The second-order valence-electron chi connectivity index (χ2n) is 6.10. The molecule has 0 bridgehead atoms. The minimum atomic E-state index is -0.306. The minimum absolute atomic E-state index is 0.0975. The number of likely N-dealkylation sites (tertiary alicyclic amines) is 1. The molecule has 1 aromatic rings. The Morgan fingerprint density at radius 1 is 1.36 bits per heavy atom. The fraction of sp³-hybridized carbons (Fsp3) is 0.529. The number of hydrogen-bond acceptors (Lipinski definition) is 2. The highest BCUT2D eigenvalue weighted by Crippen LogP contribution is 2.22. The van der Waals surface area contributed by atoms with E-state index in [1.807, 2.05) is 17.0 Å². The first-order valence-corrected chi connectivity index (χ1v) is 8.14. The van der Waals surface area contributed by atoms with Gasteiger partial charge in [-0.05, 0) is 36.5 Å². The molecule has 2 rings (SSSR count). The van der Waals surface area contributed by atoms with Crippen molar-refractivity contribution in [3.05, 3.63) is 34.9 Å². The summed E-state index contributed by atoms with van der Waals surface area (Å²) >= 11 is 5.90. The summed E-state index contributed by atoms with van der Waals surface area (Å²) in [6, 6.07) is 6.96. The van der Waals surface area contributed by atoms with E-state index in [0.29, 0.717) is 10.9 Å². The van der Waals surface area contributed by atoms with Crippen LogP contribution in [0.25, 0.3) is 0 Å². The number of halogens is 1. The van der Waals surface area contributed by atoms with Gasteiger partial charge in [0.2, 0.25) is 11.8 Å². The average Bonchev–Trinajstić information content (AvgIpc) is 2.47. The third-order valence-corrected chi connectivity index (χ3v) is 4.29. The number of nitrogens with zero attached hydrogens (tertiary/aromatic N) is 1. The van der Waals surface area contributed by atoms with Crippen molar-refractivity contribution in [2.24, 2.45) is 5.92 Å². The molecule has 5 heteroatoms. The topological polar surface area (TPSA) is 49.4 Å². The molecule has 1 saturated heterocycles. The maximum atomic E-state index is 12.5. The Balaban J connectivity index is 2.07. The number of carbonyl (C=O) groups is 2. The van der Waals surface area contributed by atoms with Crippen LogP contribution >= 0.6 is 11.6 Å². The first kappa shape index (κ1) is 16.8. The van der Waals surface area contributed by atoms with Crippen molar-refractivity contribution in [1.82, 2.24) is 10.2 Å². The van der Waals surface area contributed by atoms with Gasteiger partial charge in [0.1, 0.15) is 0 Å². The Bertz CT molecular complexity index is 530. The SMILES string of the molecule is CC(=O)N[C@H](CC(=O)N1CCC[C@@H](C)C1)c1ccc(Cl)cc1. The highest BCUT2D eigenvalue weighted by Gasteiger charge is 2.24. The van der Waals surface area contributed by atoms with Crippen molar-refractivity contribution in [3.8, 4) is 0 Å². The molecule has 0 saturated carbocycles. The molecule has 0 spiro atoms. The Kier molecular flexibility index (Phi) is 5.83. The van der Waals surface area contributed by atoms with Crippen molar-refractivity contribution in [3.63, 3.8) is 0 Å². The molecule has 0 aliphatic carbocycles. The molecule has 0 radical (unpaired) electrons. The van der Waals surface area contributed by atoms with Crippen LogP contribution < -0.4 is 5.32 Å². The van der Waals surface area contributed by atoms with Crippen molar-refractivity contribution < 1.29 is 9.59 Å². The first-order valence-electron chi connectivity index (χ1n) is 7.76. The quantitative estimate of drug-likeness (QED) is 0.925. The predicted molar refractivity (Wildman–Crippen MR) is 87.6 cm³/mol. The van der Waals surface area contributed by atoms with E-state index in [2.05, 4.69) is 12.2 Å². The van der Waals surface area contributed by atoms with Crippen molar-refractivity contribution >= 4 is 23.4 Å². The molecular weight excluding hydrogens is 300 g/mol. The summed E-state index contributed by atoms with van der Waals surface area (Å²) in [5.41, 5.74) is 0.901. The molecule has 2 atom stereocenters. The Labute approximate surface area is 136 Å². The van der Waals surface area contributed by atoms with E-state index in [1.165, 1.54) is 13.3 Å². The van der Waals surface area contributed by atoms with Gasteiger partial charge in [0.15, 0.2) is 0 Å². The summed E-state index contributed by atoms with van der Waals surface area (Å²) in [6.07, 6.45) is 2.52. The molecule has 0 unspecified atom stereocenters. The van der Waals surface area contributed by atoms with Crippen LogP contribution in [-0.2, 0) is 9.59 Å². The van der Waals surface area contributed by atoms with Crippen LogP contribution in [0.2, 0.25) is 5.02 Å². The van der Waals surface area contributed by atoms with Gasteiger partial charge in [-0.2, -0.15) is 0 Å². The smallest absolute Gasteiger partial charge is 0.224 e. The lowest BCUT2D eigenvalue weighted by Crippen LogP contribution is -2.41. The van der Waals surface area contributed by atoms with Gasteiger partial charge in [-0.25, -0.2) is 0 Å². The summed E-state index contributed by atoms with van der Waals surface area (Å²) in [5.74, 6) is 0.507. The van der Waals surface area contributed by atoms with Crippen LogP contribution in [0.1, 0.15) is 44.7 Å². The first-order chi connectivity index (χ1) is 10.5. The highest BCUT2D eigenvalue weighted by atomic mass is 35.5. The lowest BCUT2D eigenvalue weighted by Gasteiger charge is -2.32. The van der Waals surface area contributed by atoms with Gasteiger partial charge in [0.05, 0.1) is 12.5 Å². The monoisotopic (exact) mass is 322 g/mol. The summed E-state index contributed by atoms with van der Waals surface area (Å²) in [7, 11) is 0. The second-order valence-corrected chi connectivity index (χ2v) is 6.53. The number of benzene rings is 1. The molecule has 1 aromatic carbocycles. The fourth-order valence-corrected chi connectivity index (χ4v) is 3.04. The zero-order valence-electron chi connectivity index (χ0n) is 13.1. The lowest BCUT2D eigenvalue weighted by molar-refractivity contribution is -0.133. The number of carbonyl (C=O) groups excluding carboxylic acids is 2. The molecule has 1 heterocycles. The van der Waals surface area contributed by atoms with Crippen LogP contribution in [0.15, 0.2) is 24.3 Å². The van der Waals surface area contributed by atoms with E-state index in [0.717, 1.165) is 25.1 Å². The van der Waals surface area contributed by atoms with Gasteiger partial charge in [0.25, 0.3) is 0 Å². The molecule has 120 valence electrons. The van der Waals surface area contributed by atoms with Crippen LogP contribution in [0, 0.1) is 5.92 Å². The molecule has 1 aliphatic rings. The zero-order chi connectivity index (χ0) is 16.1. The van der Waals surface area contributed by atoms with Gasteiger partial charge >= 0.3 is 0 Å². The Morgan fingerprint density at radius 2 is 2.05 bits per heavy atom. The molecule has 0 aromatic heterocycles. The average molecular weight is 323 g/mol. The van der Waals surface area contributed by atoms with Crippen molar-refractivity contribution in [1.29, 1.82) is 0 Å². The summed E-state index contributed by atoms with van der Waals surface area (Å²) in [5, 5.41) is 3.51. The summed E-state index contributed by atoms with van der Waals surface area (Å²) < 4.78 is 0. The van der Waals surface area contributed by atoms with Crippen molar-refractivity contribution in [2.75, 3.05) is 13.1 Å². The van der Waals surface area contributed by atoms with Crippen LogP contribution in [-0.4, -0.2) is 29.8 Å². The minimum Gasteiger partial charge on any atom is -0.349 e. The number of rotatable bonds is 4. The Morgan fingerprint density at radius 3 is 2.64 bits per heavy atom. The highest BCUT2D eigenvalue weighted by molar-refractivity contribution is 6.30. The third kappa shape index (κ3) is 4.73. The maximum absolute atomic E-state index is 12.5. The number of amides is 2. The Hall–Kier alpha value is -1.55. The van der Waals surface area contributed by atoms with E-state index in [1.54, 1.807) is 12.1 Å². The fourth-order valence-electron chi connectivity index (χ4n) is 2.91. The van der Waals surface area contributed by atoms with E-state index < -0.39 is 0 Å². The van der Waals surface area contributed by atoms with Crippen LogP contribution in [0.4, 0.5) is 0 Å². The molecular formula is C17H23ClN2O2. The molecule has 1 aliphatic heterocycles. The maximum Gasteiger partial charge on any atom is 0.224 e. The van der Waals surface area contributed by atoms with Gasteiger partial charge in [-0.15, -0.1) is 0 Å². The molecule has 4 nitrogen and oxygen atoms in total. The normalized spacial score (nSPS) is 19.6. The number of nitrogens with one attached hydrogen (secondary N) is 1. The zero-order valence-corrected chi connectivity index (χ0v) is 13.9. The predicted octanol–water partition coefficient (Wildman–Crippen LogP) is 3.17. The number of hydrogen-bond donors (Lipinski definition) is 1. The second kappa shape index (κ2) is 7.63. The third-order valence-electron chi connectivity index (χ3n) is 4.04. The standard InChI is InChI=1S/C17H23ClN2O2/c1-12-4-3-9-20(11-12)17(22)10-16(19-13(2)21)14-5-7-15(18)8-6-14/h5-8,12,16H,3-4,9-11H2,1-2H3,(H,19,21)/t12-,16-/m1/s1. The van der Waals surface area contributed by atoms with Crippen molar-refractivity contribution in [2.45, 2.75) is 39.2 Å². The van der Waals surface area contributed by atoms with Gasteiger partial charge in [0, 0.05) is 25.0 Å². The van der Waals surface area contributed by atoms with Crippen LogP contribution in [0.3, 0.4) is 0 Å². The summed E-state index contributed by atoms with van der Waals surface area (Å²) in [4.78, 5) is 25.9. The van der Waals surface area contributed by atoms with E-state index in [9.17, 15) is 9.59 Å². The van der Waals surface area contributed by atoms with Crippen LogP contribution in [0.5, 0.6) is 0 Å². The number of piperidine rings is 1. The molecule has 1 fully saturated rings. The molecule has 22 heavy (non-hydrogen) atoms.